The summed E-state index contributed by atoms with van der Waals surface area (Å²) in [5.41, 5.74) is 1.31. The summed E-state index contributed by atoms with van der Waals surface area (Å²) in [5, 5.41) is 10.2. The minimum Gasteiger partial charge on any atom is -0.497 e. The fourth-order valence-electron chi connectivity index (χ4n) is 4.46. The SMILES string of the molecule is C=C[C@@H](Oc1ccc(OC)cc1)[C@H](C[C@H]1C(C)=CC[C@H](C(C)C)[C@H]1CO)OCOC. The highest BCUT2D eigenvalue weighted by molar-refractivity contribution is 5.31. The van der Waals surface area contributed by atoms with Crippen molar-refractivity contribution in [2.75, 3.05) is 27.6 Å². The lowest BCUT2D eigenvalue weighted by Gasteiger charge is -2.41. The molecule has 0 fully saturated rings. The normalized spacial score (nSPS) is 23.6. The Balaban J connectivity index is 2.21. The molecule has 168 valence electrons. The van der Waals surface area contributed by atoms with E-state index in [1.165, 1.54) is 5.57 Å². The molecule has 0 aliphatic heterocycles. The van der Waals surface area contributed by atoms with Crippen molar-refractivity contribution in [3.63, 3.8) is 0 Å². The van der Waals surface area contributed by atoms with Crippen molar-refractivity contribution in [2.24, 2.45) is 23.7 Å². The first kappa shape index (κ1) is 24.4. The summed E-state index contributed by atoms with van der Waals surface area (Å²) >= 11 is 0. The molecule has 0 saturated carbocycles. The van der Waals surface area contributed by atoms with E-state index in [9.17, 15) is 5.11 Å². The third-order valence-electron chi connectivity index (χ3n) is 6.25. The van der Waals surface area contributed by atoms with Gasteiger partial charge in [0.1, 0.15) is 30.5 Å². The third kappa shape index (κ3) is 6.34. The van der Waals surface area contributed by atoms with Crippen molar-refractivity contribution < 1.29 is 24.1 Å². The van der Waals surface area contributed by atoms with Gasteiger partial charge in [0.25, 0.3) is 0 Å². The van der Waals surface area contributed by atoms with Crippen LogP contribution < -0.4 is 9.47 Å². The van der Waals surface area contributed by atoms with E-state index >= 15 is 0 Å². The largest absolute Gasteiger partial charge is 0.497 e. The molecule has 5 atom stereocenters. The Hall–Kier alpha value is -1.82. The number of aliphatic hydroxyl groups excluding tert-OH is 1. The molecule has 5 nitrogen and oxygen atoms in total. The molecule has 1 N–H and O–H groups in total. The molecule has 0 aromatic heterocycles. The average Bonchev–Trinajstić information content (AvgIpc) is 2.76. The van der Waals surface area contributed by atoms with Crippen LogP contribution in [0.15, 0.2) is 48.6 Å². The van der Waals surface area contributed by atoms with Crippen LogP contribution in [0.3, 0.4) is 0 Å². The van der Waals surface area contributed by atoms with E-state index in [-0.39, 0.29) is 37.4 Å². The molecular weight excluding hydrogens is 380 g/mol. The first-order valence-electron chi connectivity index (χ1n) is 10.8. The summed E-state index contributed by atoms with van der Waals surface area (Å²) in [6.07, 6.45) is 5.25. The zero-order valence-corrected chi connectivity index (χ0v) is 19.0. The Labute approximate surface area is 181 Å². The van der Waals surface area contributed by atoms with Gasteiger partial charge in [-0.1, -0.05) is 32.1 Å². The van der Waals surface area contributed by atoms with Crippen LogP contribution in [-0.4, -0.2) is 44.9 Å². The maximum Gasteiger partial charge on any atom is 0.146 e. The highest BCUT2D eigenvalue weighted by Gasteiger charge is 2.37. The van der Waals surface area contributed by atoms with Crippen molar-refractivity contribution in [3.05, 3.63) is 48.6 Å². The second kappa shape index (κ2) is 12.1. The van der Waals surface area contributed by atoms with Gasteiger partial charge in [0.15, 0.2) is 0 Å². The standard InChI is InChI=1S/C25H38O5/c1-7-24(30-20-11-9-19(28-6)10-12-20)25(29-16-27-5)14-22-18(4)8-13-21(17(2)3)23(22)15-26/h7-12,17,21-26H,1,13-16H2,2-6H3/t21-,22+,23-,24-,25+/m1/s1. The zero-order chi connectivity index (χ0) is 22.1. The predicted molar refractivity (Wildman–Crippen MR) is 120 cm³/mol. The molecule has 0 amide bonds. The second-order valence-electron chi connectivity index (χ2n) is 8.39. The van der Waals surface area contributed by atoms with Gasteiger partial charge >= 0.3 is 0 Å². The Morgan fingerprint density at radius 1 is 1.17 bits per heavy atom. The summed E-state index contributed by atoms with van der Waals surface area (Å²) in [6.45, 7) is 11.0. The lowest BCUT2D eigenvalue weighted by molar-refractivity contribution is -0.107. The smallest absolute Gasteiger partial charge is 0.146 e. The van der Waals surface area contributed by atoms with E-state index in [0.717, 1.165) is 24.3 Å². The van der Waals surface area contributed by atoms with Crippen LogP contribution in [-0.2, 0) is 9.47 Å². The highest BCUT2D eigenvalue weighted by Crippen LogP contribution is 2.41. The van der Waals surface area contributed by atoms with Crippen LogP contribution in [0.5, 0.6) is 11.5 Å². The van der Waals surface area contributed by atoms with E-state index in [1.54, 1.807) is 20.3 Å². The fourth-order valence-corrected chi connectivity index (χ4v) is 4.46. The zero-order valence-electron chi connectivity index (χ0n) is 19.0. The van der Waals surface area contributed by atoms with Gasteiger partial charge in [-0.25, -0.2) is 0 Å². The fraction of sp³-hybridized carbons (Fsp3) is 0.600. The van der Waals surface area contributed by atoms with Crippen molar-refractivity contribution in [1.82, 2.24) is 0 Å². The summed E-state index contributed by atoms with van der Waals surface area (Å²) in [7, 11) is 3.25. The molecule has 0 radical (unpaired) electrons. The molecular formula is C25H38O5. The first-order chi connectivity index (χ1) is 14.4. The second-order valence-corrected chi connectivity index (χ2v) is 8.39. The summed E-state index contributed by atoms with van der Waals surface area (Å²) in [6, 6.07) is 7.48. The Bertz CT molecular complexity index is 667. The molecule has 1 aliphatic carbocycles. The third-order valence-corrected chi connectivity index (χ3v) is 6.25. The van der Waals surface area contributed by atoms with E-state index in [0.29, 0.717) is 11.8 Å². The Morgan fingerprint density at radius 2 is 1.83 bits per heavy atom. The lowest BCUT2D eigenvalue weighted by atomic mass is 9.67. The minimum absolute atomic E-state index is 0.174. The number of methoxy groups -OCH3 is 2. The van der Waals surface area contributed by atoms with Crippen LogP contribution in [0.2, 0.25) is 0 Å². The number of hydrogen-bond acceptors (Lipinski definition) is 5. The molecule has 1 aliphatic rings. The van der Waals surface area contributed by atoms with Crippen LogP contribution in [0.25, 0.3) is 0 Å². The van der Waals surface area contributed by atoms with Gasteiger partial charge in [0, 0.05) is 13.7 Å². The summed E-state index contributed by atoms with van der Waals surface area (Å²) in [5.74, 6) is 2.89. The molecule has 0 spiro atoms. The number of allylic oxidation sites excluding steroid dienone is 2. The maximum absolute atomic E-state index is 10.2. The number of ether oxygens (including phenoxy) is 4. The van der Waals surface area contributed by atoms with Crippen molar-refractivity contribution in [3.8, 4) is 11.5 Å². The van der Waals surface area contributed by atoms with Gasteiger partial charge in [0.2, 0.25) is 0 Å². The van der Waals surface area contributed by atoms with E-state index in [2.05, 4.69) is 33.4 Å². The van der Waals surface area contributed by atoms with Gasteiger partial charge in [-0.3, -0.25) is 0 Å². The van der Waals surface area contributed by atoms with Crippen molar-refractivity contribution in [2.45, 2.75) is 45.8 Å². The van der Waals surface area contributed by atoms with Crippen LogP contribution in [0.1, 0.15) is 33.6 Å². The maximum atomic E-state index is 10.2. The van der Waals surface area contributed by atoms with Crippen molar-refractivity contribution in [1.29, 1.82) is 0 Å². The molecule has 5 heteroatoms. The van der Waals surface area contributed by atoms with Crippen LogP contribution in [0, 0.1) is 23.7 Å². The Morgan fingerprint density at radius 3 is 2.37 bits per heavy atom. The van der Waals surface area contributed by atoms with Gasteiger partial charge in [-0.05, 0) is 73.8 Å². The van der Waals surface area contributed by atoms with Crippen molar-refractivity contribution >= 4 is 0 Å². The highest BCUT2D eigenvalue weighted by atomic mass is 16.7. The molecule has 1 aromatic rings. The first-order valence-corrected chi connectivity index (χ1v) is 10.8. The van der Waals surface area contributed by atoms with Gasteiger partial charge in [-0.2, -0.15) is 0 Å². The summed E-state index contributed by atoms with van der Waals surface area (Å²) in [4.78, 5) is 0. The van der Waals surface area contributed by atoms with E-state index in [1.807, 2.05) is 24.3 Å². The predicted octanol–water partition coefficient (Wildman–Crippen LogP) is 4.85. The molecule has 0 unspecified atom stereocenters. The van der Waals surface area contributed by atoms with E-state index in [4.69, 9.17) is 18.9 Å². The van der Waals surface area contributed by atoms with E-state index < -0.39 is 0 Å². The monoisotopic (exact) mass is 418 g/mol. The number of aliphatic hydroxyl groups is 1. The van der Waals surface area contributed by atoms with Gasteiger partial charge in [-0.15, -0.1) is 0 Å². The number of rotatable bonds is 12. The molecule has 30 heavy (non-hydrogen) atoms. The van der Waals surface area contributed by atoms with Gasteiger partial charge < -0.3 is 24.1 Å². The molecule has 2 rings (SSSR count). The number of hydrogen-bond donors (Lipinski definition) is 1. The number of benzene rings is 1. The Kier molecular flexibility index (Phi) is 9.89. The van der Waals surface area contributed by atoms with Crippen LogP contribution >= 0.6 is 0 Å². The lowest BCUT2D eigenvalue weighted by Crippen LogP contribution is -2.40. The molecule has 0 bridgehead atoms. The molecule has 0 heterocycles. The van der Waals surface area contributed by atoms with Crippen LogP contribution in [0.4, 0.5) is 0 Å². The molecule has 1 aromatic carbocycles. The topological polar surface area (TPSA) is 57.2 Å². The summed E-state index contributed by atoms with van der Waals surface area (Å²) < 4.78 is 22.7. The average molecular weight is 419 g/mol. The molecule has 0 saturated heterocycles. The minimum atomic E-state index is -0.347. The van der Waals surface area contributed by atoms with Gasteiger partial charge in [0.05, 0.1) is 7.11 Å². The quantitative estimate of drug-likeness (QED) is 0.388.